The molecule has 0 bridgehead atoms. The predicted molar refractivity (Wildman–Crippen MR) is 73.7 cm³/mol. The van der Waals surface area contributed by atoms with Gasteiger partial charge in [0.2, 0.25) is 11.8 Å². The summed E-state index contributed by atoms with van der Waals surface area (Å²) in [6, 6.07) is 7.75. The molecule has 2 rings (SSSR count). The molecule has 1 unspecified atom stereocenters. The first kappa shape index (κ1) is 13.5. The normalized spacial score (nSPS) is 18.7. The zero-order valence-corrected chi connectivity index (χ0v) is 11.1. The third kappa shape index (κ3) is 3.12. The highest BCUT2D eigenvalue weighted by Gasteiger charge is 2.34. The predicted octanol–water partition coefficient (Wildman–Crippen LogP) is 0.423. The summed E-state index contributed by atoms with van der Waals surface area (Å²) in [7, 11) is 0. The van der Waals surface area contributed by atoms with Crippen LogP contribution in [0.25, 0.3) is 0 Å². The molecule has 1 atom stereocenters. The Hall–Kier alpha value is -1.88. The SMILES string of the molecule is Cc1ccc(N2CC(C(=O)NCCN)CC2=O)cc1. The lowest BCUT2D eigenvalue weighted by molar-refractivity contribution is -0.126. The molecule has 1 aromatic carbocycles. The Balaban J connectivity index is 2.03. The lowest BCUT2D eigenvalue weighted by atomic mass is 10.1. The van der Waals surface area contributed by atoms with E-state index in [1.807, 2.05) is 31.2 Å². The number of amides is 2. The van der Waals surface area contributed by atoms with Gasteiger partial charge in [-0.25, -0.2) is 0 Å². The summed E-state index contributed by atoms with van der Waals surface area (Å²) in [6.45, 7) is 3.30. The minimum atomic E-state index is -0.277. The molecular weight excluding hydrogens is 242 g/mol. The van der Waals surface area contributed by atoms with E-state index in [2.05, 4.69) is 5.32 Å². The van der Waals surface area contributed by atoms with Crippen molar-refractivity contribution in [1.29, 1.82) is 0 Å². The van der Waals surface area contributed by atoms with E-state index in [0.717, 1.165) is 11.3 Å². The number of carbonyl (C=O) groups excluding carboxylic acids is 2. The first-order chi connectivity index (χ1) is 9.11. The number of nitrogens with zero attached hydrogens (tertiary/aromatic N) is 1. The van der Waals surface area contributed by atoms with Crippen LogP contribution in [0.5, 0.6) is 0 Å². The van der Waals surface area contributed by atoms with Crippen LogP contribution in [-0.2, 0) is 9.59 Å². The van der Waals surface area contributed by atoms with Gasteiger partial charge in [0.25, 0.3) is 0 Å². The second kappa shape index (κ2) is 5.84. The average molecular weight is 261 g/mol. The van der Waals surface area contributed by atoms with E-state index in [1.54, 1.807) is 4.90 Å². The third-order valence-corrected chi connectivity index (χ3v) is 3.29. The van der Waals surface area contributed by atoms with Crippen molar-refractivity contribution >= 4 is 17.5 Å². The molecule has 5 nitrogen and oxygen atoms in total. The van der Waals surface area contributed by atoms with Crippen LogP contribution in [-0.4, -0.2) is 31.4 Å². The molecule has 3 N–H and O–H groups in total. The molecule has 1 aromatic rings. The van der Waals surface area contributed by atoms with E-state index in [-0.39, 0.29) is 24.2 Å². The molecule has 5 heteroatoms. The number of anilines is 1. The van der Waals surface area contributed by atoms with E-state index in [4.69, 9.17) is 5.73 Å². The first-order valence-corrected chi connectivity index (χ1v) is 6.46. The van der Waals surface area contributed by atoms with Gasteiger partial charge in [-0.05, 0) is 19.1 Å². The van der Waals surface area contributed by atoms with Gasteiger partial charge in [-0.1, -0.05) is 17.7 Å². The van der Waals surface area contributed by atoms with Gasteiger partial charge in [0.15, 0.2) is 0 Å². The number of nitrogens with two attached hydrogens (primary N) is 1. The van der Waals surface area contributed by atoms with Crippen molar-refractivity contribution in [2.75, 3.05) is 24.5 Å². The van der Waals surface area contributed by atoms with Crippen molar-refractivity contribution in [3.05, 3.63) is 29.8 Å². The molecule has 2 amide bonds. The Labute approximate surface area is 112 Å². The number of hydrogen-bond acceptors (Lipinski definition) is 3. The van der Waals surface area contributed by atoms with Gasteiger partial charge in [0.05, 0.1) is 5.92 Å². The van der Waals surface area contributed by atoms with Crippen LogP contribution in [0.2, 0.25) is 0 Å². The number of benzene rings is 1. The first-order valence-electron chi connectivity index (χ1n) is 6.46. The number of aryl methyl sites for hydroxylation is 1. The Morgan fingerprint density at radius 3 is 2.74 bits per heavy atom. The van der Waals surface area contributed by atoms with Gasteiger partial charge >= 0.3 is 0 Å². The van der Waals surface area contributed by atoms with Gasteiger partial charge in [-0.3, -0.25) is 9.59 Å². The van der Waals surface area contributed by atoms with E-state index in [1.165, 1.54) is 0 Å². The van der Waals surface area contributed by atoms with Crippen LogP contribution in [0.3, 0.4) is 0 Å². The lowest BCUT2D eigenvalue weighted by Crippen LogP contribution is -2.35. The quantitative estimate of drug-likeness (QED) is 0.825. The maximum Gasteiger partial charge on any atom is 0.227 e. The highest BCUT2D eigenvalue weighted by molar-refractivity contribution is 6.00. The van der Waals surface area contributed by atoms with E-state index < -0.39 is 0 Å². The standard InChI is InChI=1S/C14H19N3O2/c1-10-2-4-12(5-3-10)17-9-11(8-13(17)18)14(19)16-7-6-15/h2-5,11H,6-9,15H2,1H3,(H,16,19). The second-order valence-corrected chi connectivity index (χ2v) is 4.82. The van der Waals surface area contributed by atoms with E-state index >= 15 is 0 Å². The fourth-order valence-electron chi connectivity index (χ4n) is 2.20. The Morgan fingerprint density at radius 2 is 2.11 bits per heavy atom. The number of carbonyl (C=O) groups is 2. The smallest absolute Gasteiger partial charge is 0.227 e. The highest BCUT2D eigenvalue weighted by Crippen LogP contribution is 2.25. The molecule has 19 heavy (non-hydrogen) atoms. The Bertz CT molecular complexity index is 470. The van der Waals surface area contributed by atoms with Crippen LogP contribution < -0.4 is 16.0 Å². The van der Waals surface area contributed by atoms with Crippen molar-refractivity contribution < 1.29 is 9.59 Å². The number of hydrogen-bond donors (Lipinski definition) is 2. The lowest BCUT2D eigenvalue weighted by Gasteiger charge is -2.16. The third-order valence-electron chi connectivity index (χ3n) is 3.29. The fourth-order valence-corrected chi connectivity index (χ4v) is 2.20. The average Bonchev–Trinajstić information content (AvgIpc) is 2.79. The molecule has 102 valence electrons. The molecule has 1 aliphatic rings. The maximum absolute atomic E-state index is 12.0. The number of rotatable bonds is 4. The zero-order valence-electron chi connectivity index (χ0n) is 11.1. The molecule has 0 spiro atoms. The monoisotopic (exact) mass is 261 g/mol. The topological polar surface area (TPSA) is 75.4 Å². The van der Waals surface area contributed by atoms with Crippen molar-refractivity contribution in [2.24, 2.45) is 11.7 Å². The van der Waals surface area contributed by atoms with Gasteiger partial charge in [0.1, 0.15) is 0 Å². The van der Waals surface area contributed by atoms with Gasteiger partial charge in [0, 0.05) is 31.7 Å². The molecular formula is C14H19N3O2. The van der Waals surface area contributed by atoms with Gasteiger partial charge in [-0.2, -0.15) is 0 Å². The van der Waals surface area contributed by atoms with Crippen LogP contribution in [0, 0.1) is 12.8 Å². The van der Waals surface area contributed by atoms with Crippen LogP contribution >= 0.6 is 0 Å². The summed E-state index contributed by atoms with van der Waals surface area (Å²) in [5.74, 6) is -0.370. The Morgan fingerprint density at radius 1 is 1.42 bits per heavy atom. The largest absolute Gasteiger partial charge is 0.355 e. The van der Waals surface area contributed by atoms with Crippen molar-refractivity contribution in [2.45, 2.75) is 13.3 Å². The minimum Gasteiger partial charge on any atom is -0.355 e. The molecule has 0 radical (unpaired) electrons. The molecule has 1 aliphatic heterocycles. The maximum atomic E-state index is 12.0. The second-order valence-electron chi connectivity index (χ2n) is 4.82. The molecule has 0 saturated carbocycles. The van der Waals surface area contributed by atoms with Crippen molar-refractivity contribution in [3.8, 4) is 0 Å². The summed E-state index contributed by atoms with van der Waals surface area (Å²) >= 11 is 0. The van der Waals surface area contributed by atoms with Crippen molar-refractivity contribution in [1.82, 2.24) is 5.32 Å². The summed E-state index contributed by atoms with van der Waals surface area (Å²) in [5, 5.41) is 2.73. The van der Waals surface area contributed by atoms with E-state index in [9.17, 15) is 9.59 Å². The van der Waals surface area contributed by atoms with Crippen LogP contribution in [0.1, 0.15) is 12.0 Å². The van der Waals surface area contributed by atoms with Crippen LogP contribution in [0.4, 0.5) is 5.69 Å². The molecule has 0 aromatic heterocycles. The molecule has 0 aliphatic carbocycles. The highest BCUT2D eigenvalue weighted by atomic mass is 16.2. The summed E-state index contributed by atoms with van der Waals surface area (Å²) in [6.07, 6.45) is 0.268. The van der Waals surface area contributed by atoms with Gasteiger partial charge < -0.3 is 16.0 Å². The Kier molecular flexibility index (Phi) is 4.16. The minimum absolute atomic E-state index is 0.00301. The summed E-state index contributed by atoms with van der Waals surface area (Å²) < 4.78 is 0. The van der Waals surface area contributed by atoms with Crippen molar-refractivity contribution in [3.63, 3.8) is 0 Å². The zero-order chi connectivity index (χ0) is 13.8. The molecule has 1 saturated heterocycles. The fraction of sp³-hybridized carbons (Fsp3) is 0.429. The summed E-state index contributed by atoms with van der Waals surface area (Å²) in [4.78, 5) is 25.5. The van der Waals surface area contributed by atoms with Crippen LogP contribution in [0.15, 0.2) is 24.3 Å². The van der Waals surface area contributed by atoms with Gasteiger partial charge in [-0.15, -0.1) is 0 Å². The summed E-state index contributed by atoms with van der Waals surface area (Å²) in [5.41, 5.74) is 7.34. The number of nitrogens with one attached hydrogen (secondary N) is 1. The van der Waals surface area contributed by atoms with E-state index in [0.29, 0.717) is 19.6 Å². The molecule has 1 fully saturated rings. The molecule has 1 heterocycles.